The van der Waals surface area contributed by atoms with Crippen LogP contribution in [0.15, 0.2) is 29.6 Å². The van der Waals surface area contributed by atoms with E-state index in [1.165, 1.54) is 11.1 Å². The zero-order valence-corrected chi connectivity index (χ0v) is 14.2. The van der Waals surface area contributed by atoms with Crippen LogP contribution in [0.3, 0.4) is 0 Å². The first kappa shape index (κ1) is 16.1. The Balaban J connectivity index is 1.98. The van der Waals surface area contributed by atoms with E-state index in [1.54, 1.807) is 11.3 Å². The highest BCUT2D eigenvalue weighted by molar-refractivity contribution is 7.09. The fourth-order valence-electron chi connectivity index (χ4n) is 2.30. The first-order valence-electron chi connectivity index (χ1n) is 7.44. The number of aryl methyl sites for hydroxylation is 1. The van der Waals surface area contributed by atoms with Crippen molar-refractivity contribution >= 4 is 11.3 Å². The van der Waals surface area contributed by atoms with Crippen molar-refractivity contribution in [3.05, 3.63) is 51.5 Å². The van der Waals surface area contributed by atoms with Crippen LogP contribution in [0.1, 0.15) is 35.7 Å². The SMILES string of the molecule is Cc1nc(CN(C)Cc2ccccc2CNC(C)C)cs1. The van der Waals surface area contributed by atoms with Crippen LogP contribution in [-0.4, -0.2) is 23.0 Å². The van der Waals surface area contributed by atoms with E-state index >= 15 is 0 Å². The Morgan fingerprint density at radius 2 is 1.90 bits per heavy atom. The molecule has 0 aliphatic carbocycles. The molecule has 21 heavy (non-hydrogen) atoms. The van der Waals surface area contributed by atoms with Crippen LogP contribution in [0.4, 0.5) is 0 Å². The van der Waals surface area contributed by atoms with E-state index in [4.69, 9.17) is 0 Å². The molecule has 3 nitrogen and oxygen atoms in total. The molecule has 0 radical (unpaired) electrons. The minimum absolute atomic E-state index is 0.508. The van der Waals surface area contributed by atoms with Crippen LogP contribution in [-0.2, 0) is 19.6 Å². The molecule has 0 unspecified atom stereocenters. The van der Waals surface area contributed by atoms with Gasteiger partial charge < -0.3 is 5.32 Å². The zero-order valence-electron chi connectivity index (χ0n) is 13.4. The van der Waals surface area contributed by atoms with Gasteiger partial charge in [0.15, 0.2) is 0 Å². The maximum Gasteiger partial charge on any atom is 0.0897 e. The maximum atomic E-state index is 4.54. The van der Waals surface area contributed by atoms with Crippen molar-refractivity contribution in [3.8, 4) is 0 Å². The molecule has 0 spiro atoms. The summed E-state index contributed by atoms with van der Waals surface area (Å²) in [4.78, 5) is 6.86. The molecule has 0 atom stereocenters. The van der Waals surface area contributed by atoms with Crippen LogP contribution >= 0.6 is 11.3 Å². The van der Waals surface area contributed by atoms with E-state index in [2.05, 4.69) is 72.7 Å². The van der Waals surface area contributed by atoms with Crippen LogP contribution < -0.4 is 5.32 Å². The zero-order chi connectivity index (χ0) is 15.2. The molecule has 1 aromatic carbocycles. The summed E-state index contributed by atoms with van der Waals surface area (Å²) in [6.07, 6.45) is 0. The van der Waals surface area contributed by atoms with E-state index in [0.29, 0.717) is 6.04 Å². The summed E-state index contributed by atoms with van der Waals surface area (Å²) in [7, 11) is 2.15. The number of aromatic nitrogens is 1. The third-order valence-electron chi connectivity index (χ3n) is 3.36. The van der Waals surface area contributed by atoms with E-state index in [1.807, 2.05) is 0 Å². The molecule has 1 heterocycles. The van der Waals surface area contributed by atoms with Gasteiger partial charge in [-0.05, 0) is 25.1 Å². The first-order chi connectivity index (χ1) is 10.0. The Labute approximate surface area is 132 Å². The van der Waals surface area contributed by atoms with Gasteiger partial charge in [0.2, 0.25) is 0 Å². The van der Waals surface area contributed by atoms with Gasteiger partial charge in [-0.2, -0.15) is 0 Å². The standard InChI is InChI=1S/C17H25N3S/c1-13(2)18-9-15-7-5-6-8-16(15)10-20(4)11-17-12-21-14(3)19-17/h5-8,12-13,18H,9-11H2,1-4H3. The molecule has 4 heteroatoms. The van der Waals surface area contributed by atoms with Gasteiger partial charge in [0.25, 0.3) is 0 Å². The number of rotatable bonds is 7. The second-order valence-corrected chi connectivity index (χ2v) is 6.90. The molecular weight excluding hydrogens is 278 g/mol. The normalized spacial score (nSPS) is 11.5. The van der Waals surface area contributed by atoms with Crippen molar-refractivity contribution in [1.29, 1.82) is 0 Å². The van der Waals surface area contributed by atoms with Gasteiger partial charge in [0.05, 0.1) is 10.7 Å². The summed E-state index contributed by atoms with van der Waals surface area (Å²) < 4.78 is 0. The van der Waals surface area contributed by atoms with Gasteiger partial charge in [-0.25, -0.2) is 4.98 Å². The highest BCUT2D eigenvalue weighted by atomic mass is 32.1. The van der Waals surface area contributed by atoms with Crippen molar-refractivity contribution in [2.45, 2.75) is 46.4 Å². The van der Waals surface area contributed by atoms with Crippen molar-refractivity contribution in [1.82, 2.24) is 15.2 Å². The Hall–Kier alpha value is -1.23. The number of hydrogen-bond acceptors (Lipinski definition) is 4. The lowest BCUT2D eigenvalue weighted by molar-refractivity contribution is 0.314. The van der Waals surface area contributed by atoms with Gasteiger partial charge in [-0.15, -0.1) is 11.3 Å². The first-order valence-corrected chi connectivity index (χ1v) is 8.32. The lowest BCUT2D eigenvalue weighted by atomic mass is 10.1. The average molecular weight is 303 g/mol. The molecule has 2 aromatic rings. The smallest absolute Gasteiger partial charge is 0.0897 e. The van der Waals surface area contributed by atoms with Gasteiger partial charge in [0, 0.05) is 31.1 Å². The van der Waals surface area contributed by atoms with Crippen molar-refractivity contribution in [3.63, 3.8) is 0 Å². The minimum atomic E-state index is 0.508. The Morgan fingerprint density at radius 1 is 1.19 bits per heavy atom. The number of nitrogens with zero attached hydrogens (tertiary/aromatic N) is 2. The van der Waals surface area contributed by atoms with Crippen LogP contribution in [0, 0.1) is 6.92 Å². The molecule has 0 aliphatic heterocycles. The summed E-state index contributed by atoms with van der Waals surface area (Å²) in [6.45, 7) is 9.19. The summed E-state index contributed by atoms with van der Waals surface area (Å²) in [5, 5.41) is 6.79. The van der Waals surface area contributed by atoms with Gasteiger partial charge >= 0.3 is 0 Å². The maximum absolute atomic E-state index is 4.54. The molecule has 1 N–H and O–H groups in total. The molecule has 0 fully saturated rings. The average Bonchev–Trinajstić information content (AvgIpc) is 2.83. The van der Waals surface area contributed by atoms with Crippen LogP contribution in [0.2, 0.25) is 0 Å². The number of thiazole rings is 1. The van der Waals surface area contributed by atoms with Crippen molar-refractivity contribution < 1.29 is 0 Å². The van der Waals surface area contributed by atoms with E-state index in [-0.39, 0.29) is 0 Å². The molecule has 114 valence electrons. The lowest BCUT2D eigenvalue weighted by Gasteiger charge is -2.19. The highest BCUT2D eigenvalue weighted by Crippen LogP contribution is 2.14. The number of hydrogen-bond donors (Lipinski definition) is 1. The molecule has 0 bridgehead atoms. The fourth-order valence-corrected chi connectivity index (χ4v) is 2.91. The van der Waals surface area contributed by atoms with Gasteiger partial charge in [-0.3, -0.25) is 4.90 Å². The topological polar surface area (TPSA) is 28.2 Å². The van der Waals surface area contributed by atoms with Gasteiger partial charge in [-0.1, -0.05) is 38.1 Å². The summed E-state index contributed by atoms with van der Waals surface area (Å²) >= 11 is 1.72. The van der Waals surface area contributed by atoms with Gasteiger partial charge in [0.1, 0.15) is 0 Å². The third kappa shape index (κ3) is 5.23. The minimum Gasteiger partial charge on any atom is -0.310 e. The number of nitrogens with one attached hydrogen (secondary N) is 1. The quantitative estimate of drug-likeness (QED) is 0.847. The number of benzene rings is 1. The second-order valence-electron chi connectivity index (χ2n) is 5.83. The Morgan fingerprint density at radius 3 is 2.52 bits per heavy atom. The predicted molar refractivity (Wildman–Crippen MR) is 90.4 cm³/mol. The lowest BCUT2D eigenvalue weighted by Crippen LogP contribution is -2.24. The monoisotopic (exact) mass is 303 g/mol. The van der Waals surface area contributed by atoms with Crippen molar-refractivity contribution in [2.75, 3.05) is 7.05 Å². The van der Waals surface area contributed by atoms with Crippen molar-refractivity contribution in [2.24, 2.45) is 0 Å². The molecular formula is C17H25N3S. The molecule has 2 rings (SSSR count). The molecule has 0 aliphatic rings. The highest BCUT2D eigenvalue weighted by Gasteiger charge is 2.08. The summed E-state index contributed by atoms with van der Waals surface area (Å²) in [5.74, 6) is 0. The van der Waals surface area contributed by atoms with Crippen LogP contribution in [0.25, 0.3) is 0 Å². The molecule has 0 amide bonds. The fraction of sp³-hybridized carbons (Fsp3) is 0.471. The molecule has 0 saturated heterocycles. The summed E-state index contributed by atoms with van der Waals surface area (Å²) in [5.41, 5.74) is 3.94. The second kappa shape index (κ2) is 7.69. The largest absolute Gasteiger partial charge is 0.310 e. The van der Waals surface area contributed by atoms with Crippen LogP contribution in [0.5, 0.6) is 0 Å². The summed E-state index contributed by atoms with van der Waals surface area (Å²) in [6, 6.07) is 9.18. The molecule has 1 aromatic heterocycles. The molecule has 0 saturated carbocycles. The Bertz CT molecular complexity index is 563. The Kier molecular flexibility index (Phi) is 5.91. The van der Waals surface area contributed by atoms with E-state index in [9.17, 15) is 0 Å². The third-order valence-corrected chi connectivity index (χ3v) is 4.18. The predicted octanol–water partition coefficient (Wildman–Crippen LogP) is 3.58. The van der Waals surface area contributed by atoms with E-state index in [0.717, 1.165) is 30.3 Å². The van der Waals surface area contributed by atoms with E-state index < -0.39 is 0 Å².